The molecule has 1 aliphatic heterocycles. The van der Waals surface area contributed by atoms with Crippen molar-refractivity contribution in [3.05, 3.63) is 65.6 Å². The molecular formula is C21H21FN4O3. The predicted molar refractivity (Wildman–Crippen MR) is 105 cm³/mol. The maximum absolute atomic E-state index is 13.3. The van der Waals surface area contributed by atoms with Gasteiger partial charge in [0, 0.05) is 31.6 Å². The molecule has 1 atom stereocenters. The number of aromatic amines is 1. The molecule has 0 aliphatic carbocycles. The number of piperazine rings is 1. The normalized spacial score (nSPS) is 16.0. The molecule has 150 valence electrons. The van der Waals surface area contributed by atoms with Gasteiger partial charge in [0.25, 0.3) is 5.91 Å². The number of rotatable bonds is 4. The third-order valence-corrected chi connectivity index (χ3v) is 5.25. The lowest BCUT2D eigenvalue weighted by Crippen LogP contribution is -2.51. The quantitative estimate of drug-likeness (QED) is 0.685. The Balaban J connectivity index is 1.49. The van der Waals surface area contributed by atoms with Crippen molar-refractivity contribution in [2.75, 3.05) is 33.3 Å². The number of hydrogen-bond donors (Lipinski definition) is 1. The fourth-order valence-electron chi connectivity index (χ4n) is 3.71. The zero-order valence-corrected chi connectivity index (χ0v) is 16.0. The number of esters is 1. The van der Waals surface area contributed by atoms with Crippen LogP contribution >= 0.6 is 0 Å². The Hall–Kier alpha value is -3.26. The van der Waals surface area contributed by atoms with Crippen LogP contribution in [0, 0.1) is 5.82 Å². The van der Waals surface area contributed by atoms with E-state index in [2.05, 4.69) is 10.2 Å². The minimum absolute atomic E-state index is 0.140. The van der Waals surface area contributed by atoms with E-state index in [0.29, 0.717) is 37.4 Å². The molecule has 8 heteroatoms. The molecule has 2 heterocycles. The first-order chi connectivity index (χ1) is 14.1. The lowest BCUT2D eigenvalue weighted by atomic mass is 10.0. The van der Waals surface area contributed by atoms with E-state index in [4.69, 9.17) is 4.74 Å². The molecule has 0 bridgehead atoms. The van der Waals surface area contributed by atoms with Crippen LogP contribution in [-0.4, -0.2) is 65.2 Å². The van der Waals surface area contributed by atoms with E-state index < -0.39 is 12.0 Å². The highest BCUT2D eigenvalue weighted by molar-refractivity contribution is 6.04. The molecule has 1 N–H and O–H groups in total. The number of para-hydroxylation sites is 1. The summed E-state index contributed by atoms with van der Waals surface area (Å²) in [6, 6.07) is 12.7. The molecular weight excluding hydrogens is 375 g/mol. The van der Waals surface area contributed by atoms with Gasteiger partial charge in [-0.05, 0) is 23.8 Å². The number of carbonyl (C=O) groups excluding carboxylic acids is 2. The topological polar surface area (TPSA) is 78.5 Å². The van der Waals surface area contributed by atoms with Crippen LogP contribution in [0.25, 0.3) is 10.9 Å². The zero-order valence-electron chi connectivity index (χ0n) is 16.0. The van der Waals surface area contributed by atoms with E-state index in [0.717, 1.165) is 10.9 Å². The summed E-state index contributed by atoms with van der Waals surface area (Å²) in [6.45, 7) is 1.89. The van der Waals surface area contributed by atoms with Gasteiger partial charge >= 0.3 is 5.97 Å². The van der Waals surface area contributed by atoms with E-state index in [1.165, 1.54) is 19.2 Å². The molecule has 3 aromatic rings. The number of nitrogens with one attached hydrogen (secondary N) is 1. The third-order valence-electron chi connectivity index (χ3n) is 5.25. The summed E-state index contributed by atoms with van der Waals surface area (Å²) in [5.41, 5.74) is 1.88. The van der Waals surface area contributed by atoms with Crippen molar-refractivity contribution >= 4 is 22.8 Å². The molecule has 4 rings (SSSR count). The minimum atomic E-state index is -0.635. The van der Waals surface area contributed by atoms with Crippen molar-refractivity contribution in [2.45, 2.75) is 6.04 Å². The van der Waals surface area contributed by atoms with Gasteiger partial charge in [-0.15, -0.1) is 0 Å². The van der Waals surface area contributed by atoms with Crippen LogP contribution in [0.3, 0.4) is 0 Å². The van der Waals surface area contributed by atoms with Crippen molar-refractivity contribution in [3.63, 3.8) is 0 Å². The molecule has 1 saturated heterocycles. The van der Waals surface area contributed by atoms with Crippen LogP contribution in [-0.2, 0) is 9.53 Å². The van der Waals surface area contributed by atoms with Gasteiger partial charge in [-0.1, -0.05) is 30.3 Å². The number of carbonyl (C=O) groups is 2. The van der Waals surface area contributed by atoms with Crippen LogP contribution < -0.4 is 0 Å². The number of halogens is 1. The summed E-state index contributed by atoms with van der Waals surface area (Å²) in [5.74, 6) is -0.910. The Labute approximate surface area is 167 Å². The minimum Gasteiger partial charge on any atom is -0.468 e. The number of hydrogen-bond acceptors (Lipinski definition) is 5. The van der Waals surface area contributed by atoms with Gasteiger partial charge in [-0.2, -0.15) is 5.10 Å². The molecule has 0 radical (unpaired) electrons. The van der Waals surface area contributed by atoms with Crippen LogP contribution in [0.5, 0.6) is 0 Å². The maximum atomic E-state index is 13.3. The second kappa shape index (κ2) is 8.00. The fourth-order valence-corrected chi connectivity index (χ4v) is 3.71. The first-order valence-corrected chi connectivity index (χ1v) is 9.38. The van der Waals surface area contributed by atoms with Crippen LogP contribution in [0.15, 0.2) is 48.5 Å². The number of fused-ring (bicyclic) bond motifs is 1. The number of benzene rings is 2. The van der Waals surface area contributed by atoms with Crippen LogP contribution in [0.2, 0.25) is 0 Å². The molecule has 0 unspecified atom stereocenters. The van der Waals surface area contributed by atoms with Gasteiger partial charge in [0.15, 0.2) is 5.69 Å². The summed E-state index contributed by atoms with van der Waals surface area (Å²) in [5, 5.41) is 7.86. The number of amides is 1. The highest BCUT2D eigenvalue weighted by Gasteiger charge is 2.33. The molecule has 29 heavy (non-hydrogen) atoms. The third kappa shape index (κ3) is 3.71. The molecule has 0 spiro atoms. The van der Waals surface area contributed by atoms with Crippen molar-refractivity contribution in [3.8, 4) is 0 Å². The number of nitrogens with zero attached hydrogens (tertiary/aromatic N) is 3. The van der Waals surface area contributed by atoms with Gasteiger partial charge in [-0.25, -0.2) is 9.18 Å². The van der Waals surface area contributed by atoms with Crippen molar-refractivity contribution in [2.24, 2.45) is 0 Å². The van der Waals surface area contributed by atoms with Crippen molar-refractivity contribution < 1.29 is 18.7 Å². The van der Waals surface area contributed by atoms with E-state index >= 15 is 0 Å². The van der Waals surface area contributed by atoms with E-state index in [1.54, 1.807) is 17.0 Å². The molecule has 7 nitrogen and oxygen atoms in total. The molecule has 1 amide bonds. The SMILES string of the molecule is COC(=O)[C@H](c1ccc(F)cc1)N1CCN(C(=O)c2n[nH]c3ccccc23)CC1. The number of aromatic nitrogens is 2. The standard InChI is InChI=1S/C21H21FN4O3/c1-29-21(28)19(14-6-8-15(22)9-7-14)25-10-12-26(13-11-25)20(27)18-16-4-2-3-5-17(16)23-24-18/h2-9,19H,10-13H2,1H3,(H,23,24)/t19-/m0/s1. The van der Waals surface area contributed by atoms with Crippen LogP contribution in [0.1, 0.15) is 22.1 Å². The predicted octanol–water partition coefficient (Wildman–Crippen LogP) is 2.37. The van der Waals surface area contributed by atoms with Crippen molar-refractivity contribution in [1.82, 2.24) is 20.0 Å². The molecule has 1 aliphatic rings. The fraction of sp³-hybridized carbons (Fsp3) is 0.286. The smallest absolute Gasteiger partial charge is 0.327 e. The largest absolute Gasteiger partial charge is 0.468 e. The van der Waals surface area contributed by atoms with E-state index in [-0.39, 0.29) is 11.7 Å². The van der Waals surface area contributed by atoms with E-state index in [9.17, 15) is 14.0 Å². The maximum Gasteiger partial charge on any atom is 0.327 e. The first kappa shape index (κ1) is 19.1. The Morgan fingerprint density at radius 2 is 1.76 bits per heavy atom. The summed E-state index contributed by atoms with van der Waals surface area (Å²) in [4.78, 5) is 29.0. The average Bonchev–Trinajstić information content (AvgIpc) is 3.19. The van der Waals surface area contributed by atoms with Gasteiger partial charge in [-0.3, -0.25) is 14.8 Å². The zero-order chi connectivity index (χ0) is 20.4. The van der Waals surface area contributed by atoms with Gasteiger partial charge < -0.3 is 9.64 Å². The van der Waals surface area contributed by atoms with E-state index in [1.807, 2.05) is 29.2 Å². The van der Waals surface area contributed by atoms with Gasteiger partial charge in [0.05, 0.1) is 12.6 Å². The number of H-pyrrole nitrogens is 1. The van der Waals surface area contributed by atoms with Gasteiger partial charge in [0.1, 0.15) is 11.9 Å². The Morgan fingerprint density at radius 3 is 2.45 bits per heavy atom. The van der Waals surface area contributed by atoms with Crippen molar-refractivity contribution in [1.29, 1.82) is 0 Å². The lowest BCUT2D eigenvalue weighted by molar-refractivity contribution is -0.148. The highest BCUT2D eigenvalue weighted by atomic mass is 19.1. The molecule has 1 aromatic heterocycles. The molecule has 1 fully saturated rings. The summed E-state index contributed by atoms with van der Waals surface area (Å²) in [6.07, 6.45) is 0. The molecule has 0 saturated carbocycles. The summed E-state index contributed by atoms with van der Waals surface area (Å²) in [7, 11) is 1.33. The Kier molecular flexibility index (Phi) is 5.26. The summed E-state index contributed by atoms with van der Waals surface area (Å²) < 4.78 is 18.2. The monoisotopic (exact) mass is 396 g/mol. The van der Waals surface area contributed by atoms with Crippen LogP contribution in [0.4, 0.5) is 4.39 Å². The number of ether oxygens (including phenoxy) is 1. The Bertz CT molecular complexity index is 1030. The lowest BCUT2D eigenvalue weighted by Gasteiger charge is -2.38. The molecule has 2 aromatic carbocycles. The Morgan fingerprint density at radius 1 is 1.07 bits per heavy atom. The second-order valence-electron chi connectivity index (χ2n) is 6.92. The average molecular weight is 396 g/mol. The van der Waals surface area contributed by atoms with Gasteiger partial charge in [0.2, 0.25) is 0 Å². The number of methoxy groups -OCH3 is 1. The first-order valence-electron chi connectivity index (χ1n) is 9.38. The highest BCUT2D eigenvalue weighted by Crippen LogP contribution is 2.25. The second-order valence-corrected chi connectivity index (χ2v) is 6.92. The summed E-state index contributed by atoms with van der Waals surface area (Å²) >= 11 is 0.